The van der Waals surface area contributed by atoms with Gasteiger partial charge in [-0.3, -0.25) is 4.79 Å². The maximum absolute atomic E-state index is 13.2. The largest absolute Gasteiger partial charge is 0.488 e. The number of benzene rings is 3. The van der Waals surface area contributed by atoms with Gasteiger partial charge in [-0.05, 0) is 48.1 Å². The Bertz CT molecular complexity index is 1200. The Morgan fingerprint density at radius 1 is 1.00 bits per heavy atom. The molecule has 2 amide bonds. The second-order valence-electron chi connectivity index (χ2n) is 9.01. The summed E-state index contributed by atoms with van der Waals surface area (Å²) in [4.78, 5) is 27.2. The summed E-state index contributed by atoms with van der Waals surface area (Å²) in [5, 5.41) is 12.4. The van der Waals surface area contributed by atoms with Gasteiger partial charge in [0.1, 0.15) is 25.0 Å². The molecule has 7 heteroatoms. The summed E-state index contributed by atoms with van der Waals surface area (Å²) >= 11 is 0. The predicted octanol–water partition coefficient (Wildman–Crippen LogP) is 4.05. The molecule has 0 radical (unpaired) electrons. The first-order chi connectivity index (χ1) is 17.5. The summed E-state index contributed by atoms with van der Waals surface area (Å²) < 4.78 is 11.5. The van der Waals surface area contributed by atoms with Crippen LogP contribution in [0, 0.1) is 13.8 Å². The van der Waals surface area contributed by atoms with Crippen molar-refractivity contribution in [1.82, 2.24) is 10.2 Å². The van der Waals surface area contributed by atoms with Gasteiger partial charge in [0.25, 0.3) is 0 Å². The van der Waals surface area contributed by atoms with Crippen molar-refractivity contribution in [3.05, 3.63) is 100 Å². The van der Waals surface area contributed by atoms with Crippen LogP contribution in [0.25, 0.3) is 0 Å². The number of ether oxygens (including phenoxy) is 2. The smallest absolute Gasteiger partial charge is 0.408 e. The number of hydrogen-bond donors (Lipinski definition) is 2. The Labute approximate surface area is 211 Å². The first-order valence-electron chi connectivity index (χ1n) is 12.1. The molecule has 1 atom stereocenters. The van der Waals surface area contributed by atoms with E-state index in [9.17, 15) is 14.7 Å². The number of nitrogens with one attached hydrogen (secondary N) is 1. The molecule has 0 fully saturated rings. The highest BCUT2D eigenvalue weighted by molar-refractivity contribution is 5.86. The van der Waals surface area contributed by atoms with E-state index >= 15 is 0 Å². The van der Waals surface area contributed by atoms with E-state index in [0.29, 0.717) is 26.1 Å². The van der Waals surface area contributed by atoms with Gasteiger partial charge in [-0.25, -0.2) is 4.79 Å². The van der Waals surface area contributed by atoms with Crippen molar-refractivity contribution >= 4 is 12.0 Å². The quantitative estimate of drug-likeness (QED) is 0.499. The number of hydrogen-bond acceptors (Lipinski definition) is 5. The molecule has 3 aromatic rings. The van der Waals surface area contributed by atoms with Gasteiger partial charge < -0.3 is 24.8 Å². The van der Waals surface area contributed by atoms with Crippen molar-refractivity contribution in [3.63, 3.8) is 0 Å². The molecule has 7 nitrogen and oxygen atoms in total. The SMILES string of the molecule is Cc1cc2c(c(OCc3ccccc3)c1C)CN(C(=O)[C@H](CO)NC(=O)OCc1ccccc1)CC2. The number of aliphatic hydroxyl groups is 1. The lowest BCUT2D eigenvalue weighted by Gasteiger charge is -2.33. The molecular weight excluding hydrogens is 456 g/mol. The van der Waals surface area contributed by atoms with Crippen molar-refractivity contribution < 1.29 is 24.2 Å². The highest BCUT2D eigenvalue weighted by Crippen LogP contribution is 2.34. The van der Waals surface area contributed by atoms with E-state index in [1.165, 1.54) is 0 Å². The standard InChI is InChI=1S/C29H32N2O5/c1-20-15-24-13-14-31(16-25(24)27(21(20)2)35-18-22-9-5-3-6-10-22)28(33)26(17-32)30-29(34)36-19-23-11-7-4-8-12-23/h3-12,15,26,32H,13-14,16-19H2,1-2H3,(H,30,34)/t26-/m0/s1. The van der Waals surface area contributed by atoms with Crippen molar-refractivity contribution in [1.29, 1.82) is 0 Å². The molecule has 2 N–H and O–H groups in total. The molecule has 0 spiro atoms. The zero-order chi connectivity index (χ0) is 25.5. The van der Waals surface area contributed by atoms with E-state index in [2.05, 4.69) is 18.3 Å². The minimum absolute atomic E-state index is 0.0802. The lowest BCUT2D eigenvalue weighted by molar-refractivity contribution is -0.135. The van der Waals surface area contributed by atoms with Crippen LogP contribution in [-0.2, 0) is 35.7 Å². The van der Waals surface area contributed by atoms with Crippen molar-refractivity contribution in [3.8, 4) is 5.75 Å². The normalized spacial score (nSPS) is 13.5. The third kappa shape index (κ3) is 6.04. The number of carbonyl (C=O) groups excluding carboxylic acids is 2. The maximum atomic E-state index is 13.2. The van der Waals surface area contributed by atoms with E-state index in [4.69, 9.17) is 9.47 Å². The number of fused-ring (bicyclic) bond motifs is 1. The lowest BCUT2D eigenvalue weighted by atomic mass is 9.92. The van der Waals surface area contributed by atoms with E-state index < -0.39 is 18.7 Å². The zero-order valence-electron chi connectivity index (χ0n) is 20.7. The van der Waals surface area contributed by atoms with Crippen LogP contribution in [0.1, 0.15) is 33.4 Å². The van der Waals surface area contributed by atoms with Crippen LogP contribution in [-0.4, -0.2) is 41.2 Å². The zero-order valence-corrected chi connectivity index (χ0v) is 20.7. The van der Waals surface area contributed by atoms with Gasteiger partial charge in [0.15, 0.2) is 0 Å². The van der Waals surface area contributed by atoms with Gasteiger partial charge >= 0.3 is 6.09 Å². The van der Waals surface area contributed by atoms with Crippen LogP contribution < -0.4 is 10.1 Å². The van der Waals surface area contributed by atoms with Crippen LogP contribution in [0.5, 0.6) is 5.75 Å². The van der Waals surface area contributed by atoms with Crippen LogP contribution in [0.15, 0.2) is 66.7 Å². The van der Waals surface area contributed by atoms with E-state index in [1.807, 2.05) is 67.6 Å². The van der Waals surface area contributed by atoms with E-state index in [0.717, 1.165) is 39.1 Å². The predicted molar refractivity (Wildman–Crippen MR) is 136 cm³/mol. The highest BCUT2D eigenvalue weighted by atomic mass is 16.5. The van der Waals surface area contributed by atoms with Crippen LogP contribution in [0.3, 0.4) is 0 Å². The monoisotopic (exact) mass is 488 g/mol. The van der Waals surface area contributed by atoms with E-state index in [1.54, 1.807) is 4.90 Å². The number of carbonyl (C=O) groups is 2. The summed E-state index contributed by atoms with van der Waals surface area (Å²) in [6, 6.07) is 20.3. The molecular formula is C29H32N2O5. The summed E-state index contributed by atoms with van der Waals surface area (Å²) in [7, 11) is 0. The fourth-order valence-corrected chi connectivity index (χ4v) is 4.36. The molecule has 1 aliphatic heterocycles. The first kappa shape index (κ1) is 25.3. The fourth-order valence-electron chi connectivity index (χ4n) is 4.36. The number of alkyl carbamates (subject to hydrolysis) is 1. The number of aryl methyl sites for hydroxylation is 1. The lowest BCUT2D eigenvalue weighted by Crippen LogP contribution is -2.51. The average Bonchev–Trinajstić information content (AvgIpc) is 2.91. The molecule has 188 valence electrons. The fraction of sp³-hybridized carbons (Fsp3) is 0.310. The van der Waals surface area contributed by atoms with Gasteiger partial charge in [0.2, 0.25) is 5.91 Å². The first-order valence-corrected chi connectivity index (χ1v) is 12.1. The van der Waals surface area contributed by atoms with Crippen LogP contribution >= 0.6 is 0 Å². The van der Waals surface area contributed by atoms with Crippen LogP contribution in [0.2, 0.25) is 0 Å². The Hall–Kier alpha value is -3.84. The second-order valence-corrected chi connectivity index (χ2v) is 9.01. The molecule has 0 aliphatic carbocycles. The molecule has 4 rings (SSSR count). The number of amides is 2. The minimum atomic E-state index is -1.09. The number of nitrogens with zero attached hydrogens (tertiary/aromatic N) is 1. The van der Waals surface area contributed by atoms with Crippen molar-refractivity contribution in [2.45, 2.75) is 46.1 Å². The van der Waals surface area contributed by atoms with Gasteiger partial charge in [-0.1, -0.05) is 66.7 Å². The van der Waals surface area contributed by atoms with Crippen molar-refractivity contribution in [2.24, 2.45) is 0 Å². The third-order valence-electron chi connectivity index (χ3n) is 6.51. The van der Waals surface area contributed by atoms with Crippen molar-refractivity contribution in [2.75, 3.05) is 13.2 Å². The summed E-state index contributed by atoms with van der Waals surface area (Å²) in [6.45, 7) is 4.91. The molecule has 1 heterocycles. The molecule has 36 heavy (non-hydrogen) atoms. The Kier molecular flexibility index (Phi) is 8.23. The van der Waals surface area contributed by atoms with Gasteiger partial charge in [0, 0.05) is 18.7 Å². The highest BCUT2D eigenvalue weighted by Gasteiger charge is 2.30. The number of rotatable bonds is 8. The number of aliphatic hydroxyl groups excluding tert-OH is 1. The summed E-state index contributed by atoms with van der Waals surface area (Å²) in [5.74, 6) is 0.439. The third-order valence-corrected chi connectivity index (χ3v) is 6.51. The Balaban J connectivity index is 1.44. The molecule has 0 bridgehead atoms. The second kappa shape index (κ2) is 11.7. The van der Waals surface area contributed by atoms with Gasteiger partial charge in [-0.15, -0.1) is 0 Å². The van der Waals surface area contributed by atoms with Gasteiger partial charge in [0.05, 0.1) is 6.61 Å². The van der Waals surface area contributed by atoms with E-state index in [-0.39, 0.29) is 12.5 Å². The molecule has 0 saturated carbocycles. The summed E-state index contributed by atoms with van der Waals surface area (Å²) in [5.41, 5.74) is 6.21. The topological polar surface area (TPSA) is 88.1 Å². The minimum Gasteiger partial charge on any atom is -0.488 e. The summed E-state index contributed by atoms with van der Waals surface area (Å²) in [6.07, 6.45) is -0.0810. The Morgan fingerprint density at radius 2 is 1.64 bits per heavy atom. The Morgan fingerprint density at radius 3 is 2.28 bits per heavy atom. The molecule has 0 saturated heterocycles. The molecule has 0 aromatic heterocycles. The van der Waals surface area contributed by atoms with Crippen LogP contribution in [0.4, 0.5) is 4.79 Å². The molecule has 1 aliphatic rings. The van der Waals surface area contributed by atoms with Gasteiger partial charge in [-0.2, -0.15) is 0 Å². The maximum Gasteiger partial charge on any atom is 0.408 e. The molecule has 0 unspecified atom stereocenters. The molecule has 3 aromatic carbocycles. The average molecular weight is 489 g/mol.